The van der Waals surface area contributed by atoms with Crippen LogP contribution in [0.4, 0.5) is 0 Å². The van der Waals surface area contributed by atoms with Crippen LogP contribution >= 0.6 is 31.9 Å². The van der Waals surface area contributed by atoms with Gasteiger partial charge in [-0.25, -0.2) is 0 Å². The van der Waals surface area contributed by atoms with Crippen LogP contribution in [0, 0.1) is 12.8 Å². The van der Waals surface area contributed by atoms with E-state index in [-0.39, 0.29) is 0 Å². The molecule has 0 aliphatic heterocycles. The molecule has 98 valence electrons. The highest BCUT2D eigenvalue weighted by Crippen LogP contribution is 2.32. The first-order valence-electron chi connectivity index (χ1n) is 6.73. The molecular weight excluding hydrogens is 352 g/mol. The average molecular weight is 372 g/mol. The van der Waals surface area contributed by atoms with Gasteiger partial charge < -0.3 is 0 Å². The Labute approximate surface area is 127 Å². The molecule has 0 radical (unpaired) electrons. The van der Waals surface area contributed by atoms with Crippen molar-refractivity contribution in [2.75, 3.05) is 5.33 Å². The number of hydrogen-bond acceptors (Lipinski definition) is 0. The highest BCUT2D eigenvalue weighted by molar-refractivity contribution is 9.10. The fourth-order valence-corrected chi connectivity index (χ4v) is 3.58. The summed E-state index contributed by atoms with van der Waals surface area (Å²) in [7, 11) is 0. The van der Waals surface area contributed by atoms with E-state index < -0.39 is 0 Å². The molecule has 0 spiro atoms. The van der Waals surface area contributed by atoms with Crippen molar-refractivity contribution in [3.05, 3.63) is 39.4 Å². The summed E-state index contributed by atoms with van der Waals surface area (Å²) in [4.78, 5) is 0. The molecule has 1 fully saturated rings. The molecule has 1 aromatic carbocycles. The van der Waals surface area contributed by atoms with Gasteiger partial charge in [0.1, 0.15) is 0 Å². The van der Waals surface area contributed by atoms with E-state index in [1.807, 2.05) is 0 Å². The fourth-order valence-electron chi connectivity index (χ4n) is 2.71. The molecular formula is C16H20Br2. The Morgan fingerprint density at radius 2 is 2.00 bits per heavy atom. The molecule has 2 rings (SSSR count). The van der Waals surface area contributed by atoms with Crippen molar-refractivity contribution in [3.8, 4) is 0 Å². The maximum atomic E-state index is 3.66. The fraction of sp³-hybridized carbons (Fsp3) is 0.500. The number of benzene rings is 1. The van der Waals surface area contributed by atoms with Crippen molar-refractivity contribution >= 4 is 37.9 Å². The van der Waals surface area contributed by atoms with Crippen LogP contribution in [0.25, 0.3) is 6.08 Å². The van der Waals surface area contributed by atoms with E-state index in [0.717, 1.165) is 11.2 Å². The molecule has 0 nitrogen and oxygen atoms in total. The van der Waals surface area contributed by atoms with Crippen LogP contribution in [0.3, 0.4) is 0 Å². The molecule has 0 atom stereocenters. The van der Waals surface area contributed by atoms with E-state index in [0.29, 0.717) is 0 Å². The number of hydrogen-bond donors (Lipinski definition) is 0. The van der Waals surface area contributed by atoms with Gasteiger partial charge in [0.25, 0.3) is 0 Å². The van der Waals surface area contributed by atoms with Crippen LogP contribution in [0.1, 0.15) is 43.2 Å². The Bertz CT molecular complexity index is 429. The second-order valence-corrected chi connectivity index (χ2v) is 6.61. The van der Waals surface area contributed by atoms with E-state index >= 15 is 0 Å². The Kier molecular flexibility index (Phi) is 5.50. The van der Waals surface area contributed by atoms with Crippen LogP contribution in [-0.4, -0.2) is 5.33 Å². The lowest BCUT2D eigenvalue weighted by Crippen LogP contribution is -2.10. The number of aryl methyl sites for hydroxylation is 1. The van der Waals surface area contributed by atoms with Crippen LogP contribution in [0.5, 0.6) is 0 Å². The van der Waals surface area contributed by atoms with Crippen LogP contribution in [-0.2, 0) is 0 Å². The van der Waals surface area contributed by atoms with Gasteiger partial charge in [-0.05, 0) is 42.9 Å². The van der Waals surface area contributed by atoms with Crippen LogP contribution in [0.2, 0.25) is 0 Å². The minimum absolute atomic E-state index is 0.794. The highest BCUT2D eigenvalue weighted by Gasteiger charge is 2.16. The van der Waals surface area contributed by atoms with Crippen molar-refractivity contribution in [2.45, 2.75) is 39.0 Å². The number of allylic oxidation sites excluding steroid dienone is 1. The van der Waals surface area contributed by atoms with Gasteiger partial charge in [0.05, 0.1) is 0 Å². The molecule has 0 heterocycles. The molecule has 0 saturated heterocycles. The van der Waals surface area contributed by atoms with Crippen molar-refractivity contribution in [1.29, 1.82) is 0 Å². The maximum Gasteiger partial charge on any atom is 0.0247 e. The zero-order valence-corrected chi connectivity index (χ0v) is 14.1. The molecule has 0 amide bonds. The third kappa shape index (κ3) is 3.71. The summed E-state index contributed by atoms with van der Waals surface area (Å²) in [6.07, 6.45) is 9.33. The average Bonchev–Trinajstić information content (AvgIpc) is 2.41. The summed E-state index contributed by atoms with van der Waals surface area (Å²) in [5, 5.41) is 1.01. The minimum Gasteiger partial charge on any atom is -0.0880 e. The van der Waals surface area contributed by atoms with Gasteiger partial charge in [-0.2, -0.15) is 0 Å². The zero-order valence-electron chi connectivity index (χ0n) is 10.9. The van der Waals surface area contributed by atoms with E-state index in [4.69, 9.17) is 0 Å². The first-order chi connectivity index (χ1) is 8.70. The SMILES string of the molecule is Cc1cc(C=C(CBr)C2CCCCC2)ccc1Br. The Hall–Kier alpha value is -0.0800. The van der Waals surface area contributed by atoms with Gasteiger partial charge in [0.2, 0.25) is 0 Å². The standard InChI is InChI=1S/C16H20Br2/c1-12-9-13(7-8-16(12)18)10-15(11-17)14-5-3-2-4-6-14/h7-10,14H,2-6,11H2,1H3. The summed E-state index contributed by atoms with van der Waals surface area (Å²) in [6, 6.07) is 6.60. The molecule has 2 heteroatoms. The molecule has 18 heavy (non-hydrogen) atoms. The predicted molar refractivity (Wildman–Crippen MR) is 87.2 cm³/mol. The molecule has 1 aromatic rings. The van der Waals surface area contributed by atoms with Gasteiger partial charge in [0.15, 0.2) is 0 Å². The molecule has 0 unspecified atom stereocenters. The summed E-state index contributed by atoms with van der Waals surface area (Å²) < 4.78 is 1.19. The lowest BCUT2D eigenvalue weighted by molar-refractivity contribution is 0.405. The zero-order chi connectivity index (χ0) is 13.0. The van der Waals surface area contributed by atoms with Gasteiger partial charge in [-0.3, -0.25) is 0 Å². The van der Waals surface area contributed by atoms with E-state index in [1.165, 1.54) is 47.7 Å². The molecule has 0 aromatic heterocycles. The molecule has 0 N–H and O–H groups in total. The van der Waals surface area contributed by atoms with Crippen molar-refractivity contribution in [1.82, 2.24) is 0 Å². The Morgan fingerprint density at radius 3 is 2.61 bits per heavy atom. The Morgan fingerprint density at radius 1 is 1.28 bits per heavy atom. The molecule has 1 saturated carbocycles. The quantitative estimate of drug-likeness (QED) is 0.561. The van der Waals surface area contributed by atoms with Crippen molar-refractivity contribution in [3.63, 3.8) is 0 Å². The van der Waals surface area contributed by atoms with Gasteiger partial charge in [-0.15, -0.1) is 0 Å². The topological polar surface area (TPSA) is 0 Å². The number of halogens is 2. The summed E-state index contributed by atoms with van der Waals surface area (Å²) >= 11 is 7.22. The highest BCUT2D eigenvalue weighted by atomic mass is 79.9. The summed E-state index contributed by atoms with van der Waals surface area (Å²) in [5.74, 6) is 0.794. The largest absolute Gasteiger partial charge is 0.0880 e. The molecule has 1 aliphatic carbocycles. The van der Waals surface area contributed by atoms with E-state index in [2.05, 4.69) is 63.1 Å². The summed E-state index contributed by atoms with van der Waals surface area (Å²) in [6.45, 7) is 2.15. The van der Waals surface area contributed by atoms with E-state index in [1.54, 1.807) is 5.57 Å². The number of alkyl halides is 1. The monoisotopic (exact) mass is 370 g/mol. The smallest absolute Gasteiger partial charge is 0.0247 e. The lowest BCUT2D eigenvalue weighted by Gasteiger charge is -2.23. The predicted octanol–water partition coefficient (Wildman–Crippen LogP) is 6.12. The minimum atomic E-state index is 0.794. The second kappa shape index (κ2) is 6.91. The van der Waals surface area contributed by atoms with Crippen molar-refractivity contribution < 1.29 is 0 Å². The van der Waals surface area contributed by atoms with Gasteiger partial charge in [0, 0.05) is 9.80 Å². The van der Waals surface area contributed by atoms with Crippen LogP contribution < -0.4 is 0 Å². The lowest BCUT2D eigenvalue weighted by atomic mass is 9.84. The first-order valence-corrected chi connectivity index (χ1v) is 8.64. The van der Waals surface area contributed by atoms with E-state index in [9.17, 15) is 0 Å². The maximum absolute atomic E-state index is 3.66. The molecule has 0 bridgehead atoms. The van der Waals surface area contributed by atoms with Gasteiger partial charge >= 0.3 is 0 Å². The summed E-state index contributed by atoms with van der Waals surface area (Å²) in [5.41, 5.74) is 4.20. The third-order valence-electron chi connectivity index (χ3n) is 3.82. The third-order valence-corrected chi connectivity index (χ3v) is 5.36. The number of rotatable bonds is 3. The van der Waals surface area contributed by atoms with Gasteiger partial charge in [-0.1, -0.05) is 74.9 Å². The first kappa shape index (κ1) is 14.3. The Balaban J connectivity index is 2.19. The molecule has 1 aliphatic rings. The van der Waals surface area contributed by atoms with Crippen molar-refractivity contribution in [2.24, 2.45) is 5.92 Å². The van der Waals surface area contributed by atoms with Crippen LogP contribution in [0.15, 0.2) is 28.2 Å². The second-order valence-electron chi connectivity index (χ2n) is 5.20. The normalized spacial score (nSPS) is 18.1.